The van der Waals surface area contributed by atoms with Gasteiger partial charge in [0.1, 0.15) is 11.3 Å². The third-order valence-corrected chi connectivity index (χ3v) is 3.56. The summed E-state index contributed by atoms with van der Waals surface area (Å²) in [4.78, 5) is 18.6. The summed E-state index contributed by atoms with van der Waals surface area (Å²) in [6, 6.07) is 0. The Balaban J connectivity index is 2.11. The normalized spacial score (nSPS) is 11.2. The van der Waals surface area contributed by atoms with Gasteiger partial charge in [-0.25, -0.2) is 15.0 Å². The SMILES string of the molecule is CCc1nc(C)nc2c1ncn2Cc1cncs1. The highest BCUT2D eigenvalue weighted by atomic mass is 32.1. The van der Waals surface area contributed by atoms with Crippen LogP contribution < -0.4 is 0 Å². The van der Waals surface area contributed by atoms with E-state index in [-0.39, 0.29) is 0 Å². The second kappa shape index (κ2) is 4.45. The van der Waals surface area contributed by atoms with Crippen molar-refractivity contribution in [2.75, 3.05) is 0 Å². The number of aryl methyl sites for hydroxylation is 2. The molecule has 0 radical (unpaired) electrons. The van der Waals surface area contributed by atoms with Crippen LogP contribution in [0.5, 0.6) is 0 Å². The molecular weight excluding hydrogens is 246 g/mol. The summed E-state index contributed by atoms with van der Waals surface area (Å²) in [6.45, 7) is 4.77. The summed E-state index contributed by atoms with van der Waals surface area (Å²) in [5.74, 6) is 0.797. The molecule has 3 heterocycles. The van der Waals surface area contributed by atoms with Crippen LogP contribution in [0.25, 0.3) is 11.2 Å². The van der Waals surface area contributed by atoms with E-state index in [1.165, 1.54) is 4.88 Å². The molecular formula is C12H13N5S. The van der Waals surface area contributed by atoms with Crippen molar-refractivity contribution in [3.8, 4) is 0 Å². The Morgan fingerprint density at radius 2 is 2.22 bits per heavy atom. The molecule has 0 aliphatic heterocycles. The van der Waals surface area contributed by atoms with E-state index in [4.69, 9.17) is 0 Å². The lowest BCUT2D eigenvalue weighted by Crippen LogP contribution is -2.01. The Morgan fingerprint density at radius 3 is 2.94 bits per heavy atom. The van der Waals surface area contributed by atoms with E-state index in [1.807, 2.05) is 25.0 Å². The van der Waals surface area contributed by atoms with Crippen LogP contribution >= 0.6 is 11.3 Å². The summed E-state index contributed by atoms with van der Waals surface area (Å²) in [6.07, 6.45) is 4.58. The Bertz CT molecular complexity index is 671. The molecule has 0 saturated heterocycles. The van der Waals surface area contributed by atoms with Crippen molar-refractivity contribution < 1.29 is 0 Å². The topological polar surface area (TPSA) is 56.5 Å². The quantitative estimate of drug-likeness (QED) is 0.723. The summed E-state index contributed by atoms with van der Waals surface area (Å²) < 4.78 is 2.05. The zero-order valence-electron chi connectivity index (χ0n) is 10.3. The Kier molecular flexibility index (Phi) is 2.79. The zero-order valence-corrected chi connectivity index (χ0v) is 11.1. The molecule has 0 amide bonds. The number of hydrogen-bond acceptors (Lipinski definition) is 5. The molecule has 3 rings (SSSR count). The maximum atomic E-state index is 4.50. The summed E-state index contributed by atoms with van der Waals surface area (Å²) in [7, 11) is 0. The second-order valence-corrected chi connectivity index (χ2v) is 5.05. The van der Waals surface area contributed by atoms with Crippen molar-refractivity contribution in [2.45, 2.75) is 26.8 Å². The molecule has 0 unspecified atom stereocenters. The highest BCUT2D eigenvalue weighted by molar-refractivity contribution is 7.09. The van der Waals surface area contributed by atoms with Crippen LogP contribution in [0.15, 0.2) is 18.0 Å². The van der Waals surface area contributed by atoms with Gasteiger partial charge in [-0.2, -0.15) is 0 Å². The van der Waals surface area contributed by atoms with E-state index in [0.29, 0.717) is 0 Å². The van der Waals surface area contributed by atoms with Crippen LogP contribution in [0.3, 0.4) is 0 Å². The third-order valence-electron chi connectivity index (χ3n) is 2.79. The standard InChI is InChI=1S/C12H13N5S/c1-3-10-11-12(16-8(2)15-10)17(6-14-11)5-9-4-13-7-18-9/h4,6-7H,3,5H2,1-2H3. The van der Waals surface area contributed by atoms with Crippen molar-refractivity contribution in [1.82, 2.24) is 24.5 Å². The first-order valence-corrected chi connectivity index (χ1v) is 6.71. The third kappa shape index (κ3) is 1.88. The second-order valence-electron chi connectivity index (χ2n) is 4.08. The molecule has 0 N–H and O–H groups in total. The molecule has 5 nitrogen and oxygen atoms in total. The van der Waals surface area contributed by atoms with Gasteiger partial charge in [-0.1, -0.05) is 6.92 Å². The van der Waals surface area contributed by atoms with Crippen molar-refractivity contribution in [3.63, 3.8) is 0 Å². The van der Waals surface area contributed by atoms with Gasteiger partial charge in [0, 0.05) is 11.1 Å². The number of aromatic nitrogens is 5. The average Bonchev–Trinajstić information content (AvgIpc) is 2.99. The molecule has 0 spiro atoms. The fourth-order valence-corrected chi connectivity index (χ4v) is 2.57. The number of rotatable bonds is 3. The van der Waals surface area contributed by atoms with Gasteiger partial charge in [0.25, 0.3) is 0 Å². The Labute approximate surface area is 109 Å². The molecule has 3 aromatic rings. The fraction of sp³-hybridized carbons (Fsp3) is 0.333. The van der Waals surface area contributed by atoms with E-state index >= 15 is 0 Å². The molecule has 0 fully saturated rings. The van der Waals surface area contributed by atoms with Gasteiger partial charge < -0.3 is 4.57 Å². The van der Waals surface area contributed by atoms with Gasteiger partial charge in [0.05, 0.1) is 24.1 Å². The number of imidazole rings is 1. The van der Waals surface area contributed by atoms with Gasteiger partial charge in [0.2, 0.25) is 0 Å². The van der Waals surface area contributed by atoms with Gasteiger partial charge >= 0.3 is 0 Å². The zero-order chi connectivity index (χ0) is 12.5. The maximum absolute atomic E-state index is 4.50. The molecule has 0 aliphatic rings. The molecule has 6 heteroatoms. The molecule has 92 valence electrons. The lowest BCUT2D eigenvalue weighted by molar-refractivity contribution is 0.819. The minimum atomic E-state index is 0.765. The Morgan fingerprint density at radius 1 is 1.33 bits per heavy atom. The first-order valence-electron chi connectivity index (χ1n) is 5.83. The van der Waals surface area contributed by atoms with Gasteiger partial charge in [0.15, 0.2) is 5.65 Å². The van der Waals surface area contributed by atoms with E-state index in [9.17, 15) is 0 Å². The first-order chi connectivity index (χ1) is 8.78. The number of nitrogens with zero attached hydrogens (tertiary/aromatic N) is 5. The predicted octanol–water partition coefficient (Wildman–Crippen LogP) is 2.20. The first kappa shape index (κ1) is 11.3. The molecule has 3 aromatic heterocycles. The van der Waals surface area contributed by atoms with E-state index < -0.39 is 0 Å². The summed E-state index contributed by atoms with van der Waals surface area (Å²) in [5, 5.41) is 0. The van der Waals surface area contributed by atoms with Crippen LogP contribution in [0.4, 0.5) is 0 Å². The molecule has 0 aromatic carbocycles. The molecule has 0 saturated carbocycles. The lowest BCUT2D eigenvalue weighted by Gasteiger charge is -2.03. The lowest BCUT2D eigenvalue weighted by atomic mass is 10.3. The predicted molar refractivity (Wildman–Crippen MR) is 70.7 cm³/mol. The monoisotopic (exact) mass is 259 g/mol. The minimum absolute atomic E-state index is 0.765. The maximum Gasteiger partial charge on any atom is 0.164 e. The number of fused-ring (bicyclic) bond motifs is 1. The van der Waals surface area contributed by atoms with Crippen molar-refractivity contribution >= 4 is 22.5 Å². The fourth-order valence-electron chi connectivity index (χ4n) is 1.97. The molecule has 0 bridgehead atoms. The molecule has 0 atom stereocenters. The van der Waals surface area contributed by atoms with Crippen LogP contribution in [-0.4, -0.2) is 24.5 Å². The largest absolute Gasteiger partial charge is 0.310 e. The van der Waals surface area contributed by atoms with Gasteiger partial charge in [-0.05, 0) is 13.3 Å². The van der Waals surface area contributed by atoms with Gasteiger partial charge in [-0.15, -0.1) is 11.3 Å². The van der Waals surface area contributed by atoms with E-state index in [1.54, 1.807) is 11.3 Å². The van der Waals surface area contributed by atoms with E-state index in [2.05, 4.69) is 31.4 Å². The van der Waals surface area contributed by atoms with Crippen LogP contribution in [0.1, 0.15) is 23.3 Å². The highest BCUT2D eigenvalue weighted by Gasteiger charge is 2.11. The summed E-state index contributed by atoms with van der Waals surface area (Å²) in [5.41, 5.74) is 4.67. The highest BCUT2D eigenvalue weighted by Crippen LogP contribution is 2.17. The Hall–Kier alpha value is -1.82. The van der Waals surface area contributed by atoms with Crippen molar-refractivity contribution in [1.29, 1.82) is 0 Å². The van der Waals surface area contributed by atoms with Crippen molar-refractivity contribution in [3.05, 3.63) is 34.4 Å². The average molecular weight is 259 g/mol. The summed E-state index contributed by atoms with van der Waals surface area (Å²) >= 11 is 1.64. The van der Waals surface area contributed by atoms with Crippen LogP contribution in [0.2, 0.25) is 0 Å². The molecule has 0 aliphatic carbocycles. The van der Waals surface area contributed by atoms with E-state index in [0.717, 1.165) is 35.6 Å². The van der Waals surface area contributed by atoms with Gasteiger partial charge in [-0.3, -0.25) is 4.98 Å². The number of hydrogen-bond donors (Lipinski definition) is 0. The van der Waals surface area contributed by atoms with Crippen LogP contribution in [0, 0.1) is 6.92 Å². The van der Waals surface area contributed by atoms with Crippen molar-refractivity contribution in [2.24, 2.45) is 0 Å². The number of thiazole rings is 1. The minimum Gasteiger partial charge on any atom is -0.310 e. The van der Waals surface area contributed by atoms with Crippen LogP contribution in [-0.2, 0) is 13.0 Å². The molecule has 18 heavy (non-hydrogen) atoms. The smallest absolute Gasteiger partial charge is 0.164 e.